The molecule has 0 bridgehead atoms. The summed E-state index contributed by atoms with van der Waals surface area (Å²) in [6.07, 6.45) is 5.50. The van der Waals surface area contributed by atoms with Gasteiger partial charge in [-0.05, 0) is 12.8 Å². The fraction of sp³-hybridized carbons (Fsp3) is 0.769. The average Bonchev–Trinajstić information content (AvgIpc) is 2.43. The van der Waals surface area contributed by atoms with E-state index in [1.54, 1.807) is 0 Å². The standard InChI is InChI=1S/C13H23N3O5/c14-11(17)8-10(12(18)19)16-13(20)15-6-7-21-9-4-2-1-3-5-9/h9-10H,1-8H2,(H2,14,17)(H,18,19)(H2,15,16,20)/t10-/m0/s1. The van der Waals surface area contributed by atoms with Gasteiger partial charge in [0.1, 0.15) is 6.04 Å². The third kappa shape index (κ3) is 7.50. The Hall–Kier alpha value is -1.83. The van der Waals surface area contributed by atoms with Crippen LogP contribution in [-0.2, 0) is 14.3 Å². The zero-order valence-electron chi connectivity index (χ0n) is 12.0. The van der Waals surface area contributed by atoms with E-state index < -0.39 is 30.4 Å². The predicted molar refractivity (Wildman–Crippen MR) is 74.6 cm³/mol. The maximum atomic E-state index is 11.5. The smallest absolute Gasteiger partial charge is 0.326 e. The highest BCUT2D eigenvalue weighted by Crippen LogP contribution is 2.19. The van der Waals surface area contributed by atoms with E-state index in [1.807, 2.05) is 0 Å². The Kier molecular flexibility index (Phi) is 7.52. The normalized spacial score (nSPS) is 17.0. The van der Waals surface area contributed by atoms with Crippen LogP contribution in [0.1, 0.15) is 38.5 Å². The lowest BCUT2D eigenvalue weighted by Crippen LogP contribution is -2.48. The van der Waals surface area contributed by atoms with E-state index >= 15 is 0 Å². The van der Waals surface area contributed by atoms with Crippen molar-refractivity contribution in [2.45, 2.75) is 50.7 Å². The van der Waals surface area contributed by atoms with Crippen LogP contribution in [0.4, 0.5) is 4.79 Å². The van der Waals surface area contributed by atoms with Gasteiger partial charge >= 0.3 is 12.0 Å². The summed E-state index contributed by atoms with van der Waals surface area (Å²) >= 11 is 0. The lowest BCUT2D eigenvalue weighted by molar-refractivity contribution is -0.140. The van der Waals surface area contributed by atoms with Crippen molar-refractivity contribution >= 4 is 17.9 Å². The summed E-state index contributed by atoms with van der Waals surface area (Å²) in [5, 5.41) is 13.5. The van der Waals surface area contributed by atoms with Crippen molar-refractivity contribution in [1.29, 1.82) is 0 Å². The zero-order chi connectivity index (χ0) is 15.7. The number of carboxylic acids is 1. The van der Waals surface area contributed by atoms with Crippen molar-refractivity contribution < 1.29 is 24.2 Å². The molecule has 1 aliphatic carbocycles. The number of nitrogens with two attached hydrogens (primary N) is 1. The first-order valence-corrected chi connectivity index (χ1v) is 7.16. The number of amides is 3. The third-order valence-electron chi connectivity index (χ3n) is 3.30. The van der Waals surface area contributed by atoms with Crippen molar-refractivity contribution in [2.75, 3.05) is 13.2 Å². The second-order valence-electron chi connectivity index (χ2n) is 5.09. The van der Waals surface area contributed by atoms with Gasteiger partial charge in [-0.3, -0.25) is 4.79 Å². The number of hydrogen-bond acceptors (Lipinski definition) is 4. The van der Waals surface area contributed by atoms with Crippen LogP contribution in [0.15, 0.2) is 0 Å². The van der Waals surface area contributed by atoms with Gasteiger partial charge in [-0.25, -0.2) is 9.59 Å². The highest BCUT2D eigenvalue weighted by molar-refractivity contribution is 5.87. The summed E-state index contributed by atoms with van der Waals surface area (Å²) < 4.78 is 5.62. The molecule has 1 aliphatic rings. The lowest BCUT2D eigenvalue weighted by atomic mass is 9.98. The SMILES string of the molecule is NC(=O)C[C@H](NC(=O)NCCOC1CCCCC1)C(=O)O. The molecule has 1 rings (SSSR count). The van der Waals surface area contributed by atoms with E-state index in [9.17, 15) is 14.4 Å². The summed E-state index contributed by atoms with van der Waals surface area (Å²) in [5.74, 6) is -2.09. The Morgan fingerprint density at radius 1 is 1.24 bits per heavy atom. The second kappa shape index (κ2) is 9.17. The maximum absolute atomic E-state index is 11.5. The van der Waals surface area contributed by atoms with Crippen molar-refractivity contribution in [3.8, 4) is 0 Å². The van der Waals surface area contributed by atoms with Crippen LogP contribution < -0.4 is 16.4 Å². The molecule has 0 radical (unpaired) electrons. The summed E-state index contributed by atoms with van der Waals surface area (Å²) in [6.45, 7) is 0.664. The van der Waals surface area contributed by atoms with Gasteiger partial charge in [0.25, 0.3) is 0 Å². The Morgan fingerprint density at radius 3 is 2.48 bits per heavy atom. The molecule has 120 valence electrons. The van der Waals surface area contributed by atoms with Crippen LogP contribution in [0.5, 0.6) is 0 Å². The molecule has 0 saturated heterocycles. The Balaban J connectivity index is 2.16. The predicted octanol–water partition coefficient (Wildman–Crippen LogP) is -0.0365. The number of aliphatic carboxylic acids is 1. The highest BCUT2D eigenvalue weighted by Gasteiger charge is 2.21. The van der Waals surface area contributed by atoms with E-state index in [0.717, 1.165) is 12.8 Å². The van der Waals surface area contributed by atoms with E-state index in [-0.39, 0.29) is 12.6 Å². The summed E-state index contributed by atoms with van der Waals surface area (Å²) in [5.41, 5.74) is 4.92. The van der Waals surface area contributed by atoms with Gasteiger partial charge < -0.3 is 26.2 Å². The highest BCUT2D eigenvalue weighted by atomic mass is 16.5. The Labute approximate surface area is 123 Å². The quantitative estimate of drug-likeness (QED) is 0.467. The number of ether oxygens (including phenoxy) is 1. The fourth-order valence-electron chi connectivity index (χ4n) is 2.23. The van der Waals surface area contributed by atoms with Crippen LogP contribution in [0.25, 0.3) is 0 Å². The maximum Gasteiger partial charge on any atom is 0.326 e. The third-order valence-corrected chi connectivity index (χ3v) is 3.30. The molecule has 0 aliphatic heterocycles. The molecule has 1 fully saturated rings. The molecule has 0 aromatic carbocycles. The Bertz CT molecular complexity index is 369. The molecule has 8 nitrogen and oxygen atoms in total. The van der Waals surface area contributed by atoms with Gasteiger partial charge in [-0.15, -0.1) is 0 Å². The first kappa shape index (κ1) is 17.2. The van der Waals surface area contributed by atoms with Gasteiger partial charge in [0, 0.05) is 6.54 Å². The van der Waals surface area contributed by atoms with Gasteiger partial charge in [0.2, 0.25) is 5.91 Å². The topological polar surface area (TPSA) is 131 Å². The van der Waals surface area contributed by atoms with E-state index in [4.69, 9.17) is 15.6 Å². The number of carboxylic acid groups (broad SMARTS) is 1. The van der Waals surface area contributed by atoms with E-state index in [2.05, 4.69) is 10.6 Å². The minimum Gasteiger partial charge on any atom is -0.480 e. The molecule has 0 aromatic heterocycles. The number of hydrogen-bond donors (Lipinski definition) is 4. The van der Waals surface area contributed by atoms with Gasteiger partial charge in [-0.1, -0.05) is 19.3 Å². The molecule has 8 heteroatoms. The van der Waals surface area contributed by atoms with Gasteiger partial charge in [0.05, 0.1) is 19.1 Å². The minimum absolute atomic E-state index is 0.255. The van der Waals surface area contributed by atoms with Gasteiger partial charge in [-0.2, -0.15) is 0 Å². The molecular weight excluding hydrogens is 278 g/mol. The molecule has 0 heterocycles. The van der Waals surface area contributed by atoms with Crippen LogP contribution in [0.3, 0.4) is 0 Å². The van der Waals surface area contributed by atoms with Crippen molar-refractivity contribution in [3.05, 3.63) is 0 Å². The lowest BCUT2D eigenvalue weighted by Gasteiger charge is -2.22. The molecule has 1 atom stereocenters. The van der Waals surface area contributed by atoms with Crippen molar-refractivity contribution in [2.24, 2.45) is 5.73 Å². The molecule has 21 heavy (non-hydrogen) atoms. The molecule has 0 unspecified atom stereocenters. The molecule has 3 amide bonds. The first-order valence-electron chi connectivity index (χ1n) is 7.16. The van der Waals surface area contributed by atoms with Crippen LogP contribution in [-0.4, -0.2) is 48.3 Å². The number of rotatable bonds is 8. The largest absolute Gasteiger partial charge is 0.480 e. The summed E-state index contributed by atoms with van der Waals surface area (Å²) in [7, 11) is 0. The van der Waals surface area contributed by atoms with Crippen LogP contribution >= 0.6 is 0 Å². The average molecular weight is 301 g/mol. The second-order valence-corrected chi connectivity index (χ2v) is 5.09. The van der Waals surface area contributed by atoms with E-state index in [1.165, 1.54) is 19.3 Å². The Morgan fingerprint density at radius 2 is 1.90 bits per heavy atom. The molecular formula is C13H23N3O5. The van der Waals surface area contributed by atoms with Gasteiger partial charge in [0.15, 0.2) is 0 Å². The summed E-state index contributed by atoms with van der Waals surface area (Å²) in [6, 6.07) is -1.97. The molecule has 0 spiro atoms. The van der Waals surface area contributed by atoms with E-state index in [0.29, 0.717) is 6.61 Å². The zero-order valence-corrected chi connectivity index (χ0v) is 12.0. The van der Waals surface area contributed by atoms with Crippen molar-refractivity contribution in [1.82, 2.24) is 10.6 Å². The number of nitrogens with one attached hydrogen (secondary N) is 2. The number of primary amides is 1. The number of carbonyl (C=O) groups is 3. The molecule has 1 saturated carbocycles. The summed E-state index contributed by atoms with van der Waals surface area (Å²) in [4.78, 5) is 33.0. The monoisotopic (exact) mass is 301 g/mol. The van der Waals surface area contributed by atoms with Crippen molar-refractivity contribution in [3.63, 3.8) is 0 Å². The number of carbonyl (C=O) groups excluding carboxylic acids is 2. The first-order chi connectivity index (χ1) is 9.99. The molecule has 5 N–H and O–H groups in total. The minimum atomic E-state index is -1.32. The number of urea groups is 1. The molecule has 0 aromatic rings. The van der Waals surface area contributed by atoms with Crippen LogP contribution in [0.2, 0.25) is 0 Å². The fourth-order valence-corrected chi connectivity index (χ4v) is 2.23. The van der Waals surface area contributed by atoms with Crippen LogP contribution in [0, 0.1) is 0 Å².